The lowest BCUT2D eigenvalue weighted by Gasteiger charge is -2.36. The van der Waals surface area contributed by atoms with Crippen LogP contribution in [-0.2, 0) is 41.9 Å². The Bertz CT molecular complexity index is 2470. The number of ether oxygens (including phenoxy) is 3. The lowest BCUT2D eigenvalue weighted by Crippen LogP contribution is -2.49. The molecule has 1 aromatic heterocycles. The summed E-state index contributed by atoms with van der Waals surface area (Å²) in [4.78, 5) is 80.2. The van der Waals surface area contributed by atoms with Crippen LogP contribution in [-0.4, -0.2) is 154 Å². The molecule has 69 heavy (non-hydrogen) atoms. The molecule has 2 aliphatic heterocycles. The molecule has 4 aromatic rings. The molecule has 0 radical (unpaired) electrons. The molecule has 2 atom stereocenters. The molecular formula is C45H55FN10O13. The van der Waals surface area contributed by atoms with Crippen LogP contribution >= 0.6 is 0 Å². The second kappa shape index (κ2) is 24.3. The van der Waals surface area contributed by atoms with E-state index in [2.05, 4.69) is 31.6 Å². The van der Waals surface area contributed by atoms with Crippen molar-refractivity contribution in [1.29, 1.82) is 0 Å². The molecular weight excluding hydrogens is 908 g/mol. The number of halogens is 1. The number of nitrogens with one attached hydrogen (secondary N) is 4. The third-order valence-corrected chi connectivity index (χ3v) is 11.1. The molecule has 2 fully saturated rings. The normalized spacial score (nSPS) is 15.1. The first-order chi connectivity index (χ1) is 33.2. The van der Waals surface area contributed by atoms with Gasteiger partial charge in [0.15, 0.2) is 23.0 Å². The highest BCUT2D eigenvalue weighted by molar-refractivity contribution is 6.00. The maximum absolute atomic E-state index is 15.3. The number of carbonyl (C=O) groups excluding carboxylic acids is 6. The summed E-state index contributed by atoms with van der Waals surface area (Å²) in [6.07, 6.45) is 1.36. The van der Waals surface area contributed by atoms with Crippen LogP contribution in [0, 0.1) is 5.82 Å². The Hall–Kier alpha value is -7.73. The van der Waals surface area contributed by atoms with E-state index in [1.807, 2.05) is 4.90 Å². The van der Waals surface area contributed by atoms with Crippen LogP contribution in [0.25, 0.3) is 0 Å². The van der Waals surface area contributed by atoms with Gasteiger partial charge in [-0.15, -0.1) is 5.10 Å². The molecule has 3 heterocycles. The largest absolute Gasteiger partial charge is 0.504 e. The molecule has 3 aromatic carbocycles. The first kappa shape index (κ1) is 50.7. The number of hydrogen-bond acceptors (Lipinski definition) is 16. The molecule has 6 rings (SSSR count). The number of carbonyl (C=O) groups is 6. The highest BCUT2D eigenvalue weighted by atomic mass is 19.1. The SMILES string of the molecule is CC(=O)NCC1CN(c2ccc(N3CCN(C(=O)CCOCCOCn4cc(CNC(=O)C(CCCCNC(=O)c5cccc(O)c5O)NC(=O)c5cccc(O)c5O)nn4)CC3)c(F)c2)C(=O)O1. The second-order valence-electron chi connectivity index (χ2n) is 16.0. The van der Waals surface area contributed by atoms with E-state index in [4.69, 9.17) is 14.2 Å². The Balaban J connectivity index is 0.862. The summed E-state index contributed by atoms with van der Waals surface area (Å²) >= 11 is 0. The number of benzene rings is 3. The summed E-state index contributed by atoms with van der Waals surface area (Å²) in [6, 6.07) is 11.3. The van der Waals surface area contributed by atoms with E-state index < -0.39 is 64.8 Å². The molecule has 8 N–H and O–H groups in total. The lowest BCUT2D eigenvalue weighted by molar-refractivity contribution is -0.132. The van der Waals surface area contributed by atoms with Crippen LogP contribution in [0.15, 0.2) is 60.8 Å². The first-order valence-corrected chi connectivity index (χ1v) is 22.2. The fourth-order valence-corrected chi connectivity index (χ4v) is 7.40. The number of aromatic hydroxyl groups is 4. The molecule has 0 aliphatic carbocycles. The Labute approximate surface area is 395 Å². The first-order valence-electron chi connectivity index (χ1n) is 22.2. The molecule has 0 spiro atoms. The van der Waals surface area contributed by atoms with Gasteiger partial charge in [0, 0.05) is 39.6 Å². The number of phenolic OH excluding ortho intramolecular Hbond substituents is 4. The van der Waals surface area contributed by atoms with Crippen molar-refractivity contribution >= 4 is 47.0 Å². The topological polar surface area (TPSA) is 300 Å². The Kier molecular flexibility index (Phi) is 17.9. The number of rotatable bonds is 23. The maximum Gasteiger partial charge on any atom is 0.414 e. The number of anilines is 2. The third kappa shape index (κ3) is 14.1. The number of para-hydroxylation sites is 2. The number of piperazine rings is 1. The molecule has 24 heteroatoms. The van der Waals surface area contributed by atoms with E-state index in [1.54, 1.807) is 23.2 Å². The van der Waals surface area contributed by atoms with Gasteiger partial charge in [0.25, 0.3) is 11.8 Å². The quantitative estimate of drug-likeness (QED) is 0.0386. The number of phenols is 4. The van der Waals surface area contributed by atoms with Gasteiger partial charge in [-0.1, -0.05) is 17.3 Å². The van der Waals surface area contributed by atoms with Gasteiger partial charge in [-0.2, -0.15) is 0 Å². The van der Waals surface area contributed by atoms with Gasteiger partial charge in [0.05, 0.1) is 74.6 Å². The van der Waals surface area contributed by atoms with Crippen LogP contribution in [0.4, 0.5) is 20.6 Å². The zero-order valence-corrected chi connectivity index (χ0v) is 37.8. The number of hydrogen-bond donors (Lipinski definition) is 8. The average molecular weight is 963 g/mol. The van der Waals surface area contributed by atoms with E-state index >= 15 is 4.39 Å². The fraction of sp³-hybridized carbons (Fsp3) is 0.422. The summed E-state index contributed by atoms with van der Waals surface area (Å²) in [5, 5.41) is 58.3. The van der Waals surface area contributed by atoms with E-state index in [0.29, 0.717) is 56.1 Å². The molecule has 6 amide bonds. The summed E-state index contributed by atoms with van der Waals surface area (Å²) in [5.41, 5.74) is 0.720. The Morgan fingerprint density at radius 2 is 1.55 bits per heavy atom. The minimum Gasteiger partial charge on any atom is -0.504 e. The highest BCUT2D eigenvalue weighted by Crippen LogP contribution is 2.30. The highest BCUT2D eigenvalue weighted by Gasteiger charge is 2.33. The Morgan fingerprint density at radius 3 is 2.25 bits per heavy atom. The molecule has 23 nitrogen and oxygen atoms in total. The zero-order valence-electron chi connectivity index (χ0n) is 37.8. The van der Waals surface area contributed by atoms with Gasteiger partial charge < -0.3 is 65.7 Å². The van der Waals surface area contributed by atoms with E-state index in [0.717, 1.165) is 0 Å². The van der Waals surface area contributed by atoms with Crippen molar-refractivity contribution in [1.82, 2.24) is 41.2 Å². The van der Waals surface area contributed by atoms with E-state index in [-0.39, 0.29) is 88.5 Å². The minimum absolute atomic E-state index is 0.00964. The van der Waals surface area contributed by atoms with E-state index in [9.17, 15) is 49.2 Å². The number of aromatic nitrogens is 3. The van der Waals surface area contributed by atoms with Crippen molar-refractivity contribution in [3.05, 3.63) is 83.4 Å². The average Bonchev–Trinajstić information content (AvgIpc) is 3.96. The van der Waals surface area contributed by atoms with Crippen molar-refractivity contribution in [3.63, 3.8) is 0 Å². The standard InChI is InChI=1S/C45H55FN10O13/c1-28(57)48-24-31-26-56(45(66)69-31)30-11-12-36(34(46)22-30)53-15-17-54(18-16-53)39(60)13-19-67-20-21-68-27-55-25-29(51-52-55)23-49-44(65)35(50-43(64)33-7-5-10-38(59)41(33)62)8-2-3-14-47-42(63)32-6-4-9-37(58)40(32)61/h4-7,9-12,22,25,31,35,58-59,61-62H,2-3,8,13-21,23-24,26-27H2,1H3,(H,47,63)(H,48,57)(H,49,65)(H,50,64). The smallest absolute Gasteiger partial charge is 0.414 e. The lowest BCUT2D eigenvalue weighted by atomic mass is 10.1. The van der Waals surface area contributed by atoms with Crippen LogP contribution in [0.3, 0.4) is 0 Å². The number of nitrogens with zero attached hydrogens (tertiary/aromatic N) is 6. The maximum atomic E-state index is 15.3. The van der Waals surface area contributed by atoms with Crippen LogP contribution in [0.5, 0.6) is 23.0 Å². The van der Waals surface area contributed by atoms with E-state index in [1.165, 1.54) is 59.0 Å². The molecule has 0 bridgehead atoms. The fourth-order valence-electron chi connectivity index (χ4n) is 7.40. The predicted octanol–water partition coefficient (Wildman–Crippen LogP) is 1.45. The summed E-state index contributed by atoms with van der Waals surface area (Å²) in [7, 11) is 0. The molecule has 2 unspecified atom stereocenters. The van der Waals surface area contributed by atoms with Gasteiger partial charge >= 0.3 is 6.09 Å². The molecule has 370 valence electrons. The van der Waals surface area contributed by atoms with Gasteiger partial charge in [-0.25, -0.2) is 13.9 Å². The summed E-state index contributed by atoms with van der Waals surface area (Å²) in [6.45, 7) is 3.92. The number of amides is 6. The molecule has 2 aliphatic rings. The van der Waals surface area contributed by atoms with Crippen molar-refractivity contribution < 1.29 is 67.8 Å². The molecule has 0 saturated carbocycles. The van der Waals surface area contributed by atoms with Crippen LogP contribution in [0.2, 0.25) is 0 Å². The monoisotopic (exact) mass is 962 g/mol. The van der Waals surface area contributed by atoms with Crippen LogP contribution in [0.1, 0.15) is 59.0 Å². The van der Waals surface area contributed by atoms with Gasteiger partial charge in [0.2, 0.25) is 17.7 Å². The Morgan fingerprint density at radius 1 is 0.855 bits per heavy atom. The summed E-state index contributed by atoms with van der Waals surface area (Å²) < 4.78 is 33.1. The van der Waals surface area contributed by atoms with Crippen molar-refractivity contribution in [2.45, 2.75) is 58.0 Å². The predicted molar refractivity (Wildman–Crippen MR) is 242 cm³/mol. The van der Waals surface area contributed by atoms with Gasteiger partial charge in [-0.3, -0.25) is 28.9 Å². The van der Waals surface area contributed by atoms with Crippen molar-refractivity contribution in [2.24, 2.45) is 0 Å². The van der Waals surface area contributed by atoms with Gasteiger partial charge in [0.1, 0.15) is 30.4 Å². The van der Waals surface area contributed by atoms with Crippen molar-refractivity contribution in [3.8, 4) is 23.0 Å². The van der Waals surface area contributed by atoms with Crippen LogP contribution < -0.4 is 31.1 Å². The minimum atomic E-state index is -1.10. The summed E-state index contributed by atoms with van der Waals surface area (Å²) in [5.74, 6) is -5.02. The number of cyclic esters (lactones) is 1. The zero-order chi connectivity index (χ0) is 49.5. The van der Waals surface area contributed by atoms with Gasteiger partial charge in [-0.05, 0) is 61.7 Å². The second-order valence-corrected chi connectivity index (χ2v) is 16.0. The molecule has 2 saturated heterocycles. The number of unbranched alkanes of at least 4 members (excludes halogenated alkanes) is 1. The van der Waals surface area contributed by atoms with Crippen molar-refractivity contribution in [2.75, 3.05) is 75.4 Å². The third-order valence-electron chi connectivity index (χ3n) is 11.1.